The van der Waals surface area contributed by atoms with Crippen molar-refractivity contribution in [1.29, 1.82) is 0 Å². The van der Waals surface area contributed by atoms with E-state index in [1.54, 1.807) is 54.9 Å². The van der Waals surface area contributed by atoms with Gasteiger partial charge in [-0.05, 0) is 23.3 Å². The molecule has 1 fully saturated rings. The maximum Gasteiger partial charge on any atom is 0.301 e. The summed E-state index contributed by atoms with van der Waals surface area (Å²) in [6.45, 7) is 0. The molecule has 5 rings (SSSR count). The zero-order valence-corrected chi connectivity index (χ0v) is 20.4. The Morgan fingerprint density at radius 3 is 2.54 bits per heavy atom. The van der Waals surface area contributed by atoms with E-state index in [-0.39, 0.29) is 16.5 Å². The van der Waals surface area contributed by atoms with Crippen LogP contribution in [-0.4, -0.2) is 32.0 Å². The Bertz CT molecular complexity index is 1430. The highest BCUT2D eigenvalue weighted by atomic mass is 35.5. The number of Topliss-reactive ketones (excluding diaryl/α,β-unsaturated/α-hetero) is 1. The van der Waals surface area contributed by atoms with Crippen molar-refractivity contribution in [2.75, 3.05) is 4.90 Å². The van der Waals surface area contributed by atoms with Crippen molar-refractivity contribution < 1.29 is 14.7 Å². The molecule has 1 aliphatic rings. The number of ketones is 1. The van der Waals surface area contributed by atoms with Gasteiger partial charge >= 0.3 is 5.91 Å². The molecule has 0 bridgehead atoms. The van der Waals surface area contributed by atoms with Crippen LogP contribution in [0.25, 0.3) is 5.76 Å². The van der Waals surface area contributed by atoms with Crippen LogP contribution < -0.4 is 4.90 Å². The topological polar surface area (TPSA) is 96.3 Å². The zero-order valence-electron chi connectivity index (χ0n) is 18.0. The van der Waals surface area contributed by atoms with Gasteiger partial charge in [0.1, 0.15) is 5.76 Å². The Labute approximate surface area is 214 Å². The van der Waals surface area contributed by atoms with Gasteiger partial charge in [0.15, 0.2) is 4.34 Å². The lowest BCUT2D eigenvalue weighted by Gasteiger charge is -2.22. The minimum Gasteiger partial charge on any atom is -0.507 e. The quantitative estimate of drug-likeness (QED) is 0.118. The fourth-order valence-electron chi connectivity index (χ4n) is 3.75. The summed E-state index contributed by atoms with van der Waals surface area (Å²) >= 11 is 8.88. The summed E-state index contributed by atoms with van der Waals surface area (Å²) < 4.78 is 0.620. The molecule has 0 aliphatic carbocycles. The van der Waals surface area contributed by atoms with Crippen LogP contribution in [0.1, 0.15) is 22.7 Å². The lowest BCUT2D eigenvalue weighted by Crippen LogP contribution is -2.29. The molecular weight excluding hydrogens is 504 g/mol. The number of pyridine rings is 1. The molecule has 1 saturated heterocycles. The number of benzene rings is 2. The summed E-state index contributed by atoms with van der Waals surface area (Å²) in [5.74, 6) is -1.25. The Morgan fingerprint density at radius 1 is 1.03 bits per heavy atom. The van der Waals surface area contributed by atoms with Crippen LogP contribution in [0.2, 0.25) is 5.02 Å². The highest BCUT2D eigenvalue weighted by molar-refractivity contribution is 8.00. The molecule has 2 aromatic carbocycles. The van der Waals surface area contributed by atoms with E-state index in [1.165, 1.54) is 28.0 Å². The maximum atomic E-state index is 13.2. The van der Waals surface area contributed by atoms with E-state index < -0.39 is 17.7 Å². The molecule has 4 aromatic rings. The average Bonchev–Trinajstić information content (AvgIpc) is 3.46. The predicted molar refractivity (Wildman–Crippen MR) is 136 cm³/mol. The highest BCUT2D eigenvalue weighted by Crippen LogP contribution is 2.43. The number of aromatic nitrogens is 3. The molecule has 0 saturated carbocycles. The second-order valence-corrected chi connectivity index (χ2v) is 10.1. The number of carbonyl (C=O) groups is 2. The first-order valence-electron chi connectivity index (χ1n) is 10.5. The molecule has 1 N–H and O–H groups in total. The van der Waals surface area contributed by atoms with Gasteiger partial charge in [0.2, 0.25) is 5.13 Å². The fourth-order valence-corrected chi connectivity index (χ4v) is 5.90. The molecule has 0 unspecified atom stereocenters. The van der Waals surface area contributed by atoms with Crippen molar-refractivity contribution in [2.45, 2.75) is 16.1 Å². The zero-order chi connectivity index (χ0) is 24.4. The van der Waals surface area contributed by atoms with Gasteiger partial charge in [-0.3, -0.25) is 19.5 Å². The second-order valence-electron chi connectivity index (χ2n) is 7.55. The van der Waals surface area contributed by atoms with Gasteiger partial charge in [-0.2, -0.15) is 0 Å². The van der Waals surface area contributed by atoms with Crippen LogP contribution in [0, 0.1) is 0 Å². The van der Waals surface area contributed by atoms with Crippen molar-refractivity contribution >= 4 is 57.3 Å². The smallest absolute Gasteiger partial charge is 0.301 e. The Morgan fingerprint density at radius 2 is 1.80 bits per heavy atom. The third kappa shape index (κ3) is 4.58. The van der Waals surface area contributed by atoms with Gasteiger partial charge in [-0.15, -0.1) is 10.2 Å². The molecule has 1 atom stereocenters. The number of carbonyl (C=O) groups excluding carboxylic acids is 2. The molecule has 35 heavy (non-hydrogen) atoms. The van der Waals surface area contributed by atoms with Gasteiger partial charge in [-0.1, -0.05) is 89.3 Å². The van der Waals surface area contributed by atoms with Crippen molar-refractivity contribution in [3.63, 3.8) is 0 Å². The van der Waals surface area contributed by atoms with Crippen LogP contribution in [0.5, 0.6) is 0 Å². The van der Waals surface area contributed by atoms with Gasteiger partial charge in [0.05, 0.1) is 11.6 Å². The van der Waals surface area contributed by atoms with Gasteiger partial charge in [-0.25, -0.2) is 0 Å². The summed E-state index contributed by atoms with van der Waals surface area (Å²) in [7, 11) is 0. The van der Waals surface area contributed by atoms with Crippen molar-refractivity contribution in [3.8, 4) is 0 Å². The first kappa shape index (κ1) is 23.2. The number of rotatable bonds is 6. The second kappa shape index (κ2) is 9.99. The largest absolute Gasteiger partial charge is 0.507 e. The molecule has 10 heteroatoms. The number of anilines is 1. The molecule has 7 nitrogen and oxygen atoms in total. The van der Waals surface area contributed by atoms with Crippen LogP contribution in [0.15, 0.2) is 89.0 Å². The molecule has 1 amide bonds. The minimum atomic E-state index is -0.890. The summed E-state index contributed by atoms with van der Waals surface area (Å²) in [6.07, 6.45) is 3.16. The van der Waals surface area contributed by atoms with Crippen LogP contribution in [-0.2, 0) is 15.3 Å². The molecule has 2 aromatic heterocycles. The number of hydrogen-bond donors (Lipinski definition) is 1. The number of aliphatic hydroxyl groups excluding tert-OH is 1. The average molecular weight is 521 g/mol. The number of amides is 1. The predicted octanol–water partition coefficient (Wildman–Crippen LogP) is 5.51. The summed E-state index contributed by atoms with van der Waals surface area (Å²) in [4.78, 5) is 31.8. The number of thioether (sulfide) groups is 1. The number of hydrogen-bond acceptors (Lipinski definition) is 8. The highest BCUT2D eigenvalue weighted by Gasteiger charge is 2.48. The van der Waals surface area contributed by atoms with E-state index in [0.29, 0.717) is 26.2 Å². The monoisotopic (exact) mass is 520 g/mol. The molecule has 0 spiro atoms. The van der Waals surface area contributed by atoms with Crippen molar-refractivity contribution in [3.05, 3.63) is 106 Å². The number of nitrogens with zero attached hydrogens (tertiary/aromatic N) is 4. The van der Waals surface area contributed by atoms with E-state index in [9.17, 15) is 14.7 Å². The lowest BCUT2D eigenvalue weighted by molar-refractivity contribution is -0.132. The molecule has 0 radical (unpaired) electrons. The molecular formula is C25H17ClN4O3S2. The number of halogens is 1. The fraction of sp³-hybridized carbons (Fsp3) is 0.0800. The Kier molecular flexibility index (Phi) is 6.63. The van der Waals surface area contributed by atoms with E-state index in [1.807, 2.05) is 24.3 Å². The van der Waals surface area contributed by atoms with Crippen LogP contribution in [0.4, 0.5) is 5.13 Å². The Balaban J connectivity index is 1.52. The first-order chi connectivity index (χ1) is 17.0. The van der Waals surface area contributed by atoms with Crippen LogP contribution >= 0.6 is 34.7 Å². The van der Waals surface area contributed by atoms with E-state index in [0.717, 1.165) is 5.56 Å². The SMILES string of the molecule is O=C1C(=O)N(c2nnc(SCc3ccccc3Cl)s2)[C@@H](c2cccnc2)C1=C(O)c1ccccc1. The van der Waals surface area contributed by atoms with E-state index in [2.05, 4.69) is 15.2 Å². The third-order valence-electron chi connectivity index (χ3n) is 5.40. The van der Waals surface area contributed by atoms with Gasteiger partial charge in [0.25, 0.3) is 5.78 Å². The van der Waals surface area contributed by atoms with Crippen LogP contribution in [0.3, 0.4) is 0 Å². The van der Waals surface area contributed by atoms with Crippen molar-refractivity contribution in [1.82, 2.24) is 15.2 Å². The summed E-state index contributed by atoms with van der Waals surface area (Å²) in [5, 5.41) is 20.4. The maximum absolute atomic E-state index is 13.2. The first-order valence-corrected chi connectivity index (χ1v) is 12.7. The summed E-state index contributed by atoms with van der Waals surface area (Å²) in [6, 6.07) is 18.8. The number of aliphatic hydroxyl groups is 1. The van der Waals surface area contributed by atoms with E-state index in [4.69, 9.17) is 11.6 Å². The van der Waals surface area contributed by atoms with Crippen molar-refractivity contribution in [2.24, 2.45) is 0 Å². The normalized spacial score (nSPS) is 17.2. The third-order valence-corrected chi connectivity index (χ3v) is 7.88. The molecule has 174 valence electrons. The van der Waals surface area contributed by atoms with Gasteiger partial charge in [0, 0.05) is 28.7 Å². The Hall–Kier alpha value is -3.53. The minimum absolute atomic E-state index is 0.0188. The van der Waals surface area contributed by atoms with Gasteiger partial charge < -0.3 is 5.11 Å². The molecule has 1 aliphatic heterocycles. The lowest BCUT2D eigenvalue weighted by atomic mass is 9.96. The summed E-state index contributed by atoms with van der Waals surface area (Å²) in [5.41, 5.74) is 1.95. The standard InChI is InChI=1S/C25H17ClN4O3S2/c26-18-11-5-4-9-17(18)14-34-25-29-28-24(35-25)30-20(16-10-6-12-27-13-16)19(22(32)23(30)33)21(31)15-7-2-1-3-8-15/h1-13,20,31H,14H2/t20-/m0/s1. The molecule has 3 heterocycles. The van der Waals surface area contributed by atoms with E-state index >= 15 is 0 Å².